The Labute approximate surface area is 146 Å². The Morgan fingerprint density at radius 2 is 2.05 bits per heavy atom. The number of guanidine groups is 1. The van der Waals surface area contributed by atoms with Gasteiger partial charge in [-0.15, -0.1) is 35.3 Å². The second kappa shape index (κ2) is 8.38. The molecule has 0 saturated heterocycles. The Morgan fingerprint density at radius 3 is 2.57 bits per heavy atom. The number of aryl methyl sites for hydroxylation is 2. The minimum atomic E-state index is 0. The van der Waals surface area contributed by atoms with Crippen LogP contribution in [0.5, 0.6) is 0 Å². The van der Waals surface area contributed by atoms with E-state index >= 15 is 0 Å². The maximum atomic E-state index is 4.42. The van der Waals surface area contributed by atoms with Crippen LogP contribution < -0.4 is 10.6 Å². The lowest BCUT2D eigenvalue weighted by Gasteiger charge is -2.11. The normalized spacial score (nSPS) is 11.1. The van der Waals surface area contributed by atoms with Crippen LogP contribution in [0, 0.1) is 13.8 Å². The van der Waals surface area contributed by atoms with Crippen LogP contribution in [0.1, 0.15) is 21.8 Å². The SMILES string of the molecule is CN=C(NCc1cccs1)NCc1c(C)nn(C)c1C.I. The highest BCUT2D eigenvalue weighted by Crippen LogP contribution is 2.11. The van der Waals surface area contributed by atoms with Gasteiger partial charge in [0.15, 0.2) is 5.96 Å². The van der Waals surface area contributed by atoms with E-state index in [1.165, 1.54) is 16.1 Å². The molecule has 0 aliphatic rings. The van der Waals surface area contributed by atoms with Gasteiger partial charge in [-0.3, -0.25) is 9.67 Å². The second-order valence-electron chi connectivity index (χ2n) is 4.63. The molecule has 0 unspecified atom stereocenters. The molecule has 2 N–H and O–H groups in total. The van der Waals surface area contributed by atoms with Gasteiger partial charge in [0.05, 0.1) is 12.2 Å². The van der Waals surface area contributed by atoms with Gasteiger partial charge in [0, 0.05) is 36.8 Å². The van der Waals surface area contributed by atoms with Crippen LogP contribution in [0.4, 0.5) is 0 Å². The summed E-state index contributed by atoms with van der Waals surface area (Å²) in [5.41, 5.74) is 3.47. The molecule has 0 aromatic carbocycles. The highest BCUT2D eigenvalue weighted by Gasteiger charge is 2.09. The summed E-state index contributed by atoms with van der Waals surface area (Å²) in [5.74, 6) is 0.807. The summed E-state index contributed by atoms with van der Waals surface area (Å²) in [7, 11) is 3.75. The Bertz CT molecular complexity index is 589. The first kappa shape index (κ1) is 18.0. The van der Waals surface area contributed by atoms with E-state index < -0.39 is 0 Å². The fourth-order valence-electron chi connectivity index (χ4n) is 2.05. The molecule has 2 aromatic rings. The molecule has 7 heteroatoms. The molecule has 0 radical (unpaired) electrons. The van der Waals surface area contributed by atoms with Crippen molar-refractivity contribution in [3.63, 3.8) is 0 Å². The first-order valence-electron chi connectivity index (χ1n) is 6.57. The van der Waals surface area contributed by atoms with Crippen molar-refractivity contribution >= 4 is 41.3 Å². The average Bonchev–Trinajstić information content (AvgIpc) is 3.02. The van der Waals surface area contributed by atoms with Crippen molar-refractivity contribution in [2.45, 2.75) is 26.9 Å². The van der Waals surface area contributed by atoms with Gasteiger partial charge in [-0.1, -0.05) is 6.07 Å². The summed E-state index contributed by atoms with van der Waals surface area (Å²) in [6.45, 7) is 5.64. The third-order valence-electron chi connectivity index (χ3n) is 3.33. The van der Waals surface area contributed by atoms with Crippen molar-refractivity contribution < 1.29 is 0 Å². The van der Waals surface area contributed by atoms with Crippen molar-refractivity contribution in [2.24, 2.45) is 12.0 Å². The predicted molar refractivity (Wildman–Crippen MR) is 99.5 cm³/mol. The minimum absolute atomic E-state index is 0. The van der Waals surface area contributed by atoms with Crippen LogP contribution in [-0.2, 0) is 20.1 Å². The lowest BCUT2D eigenvalue weighted by molar-refractivity contribution is 0.728. The summed E-state index contributed by atoms with van der Waals surface area (Å²) in [5, 5.41) is 13.1. The number of hydrogen-bond acceptors (Lipinski definition) is 3. The smallest absolute Gasteiger partial charge is 0.191 e. The van der Waals surface area contributed by atoms with E-state index in [-0.39, 0.29) is 24.0 Å². The Morgan fingerprint density at radius 1 is 1.33 bits per heavy atom. The molecule has 0 atom stereocenters. The molecule has 2 rings (SSSR count). The number of nitrogens with zero attached hydrogens (tertiary/aromatic N) is 3. The summed E-state index contributed by atoms with van der Waals surface area (Å²) >= 11 is 1.74. The summed E-state index contributed by atoms with van der Waals surface area (Å²) in [6.07, 6.45) is 0. The first-order valence-corrected chi connectivity index (χ1v) is 7.45. The zero-order valence-corrected chi connectivity index (χ0v) is 16.0. The van der Waals surface area contributed by atoms with Crippen molar-refractivity contribution in [3.8, 4) is 0 Å². The van der Waals surface area contributed by atoms with E-state index in [0.29, 0.717) is 0 Å². The molecule has 0 aliphatic carbocycles. The molecule has 116 valence electrons. The summed E-state index contributed by atoms with van der Waals surface area (Å²) < 4.78 is 1.91. The number of nitrogens with one attached hydrogen (secondary N) is 2. The number of aromatic nitrogens is 2. The topological polar surface area (TPSA) is 54.2 Å². The lowest BCUT2D eigenvalue weighted by Crippen LogP contribution is -2.36. The third-order valence-corrected chi connectivity index (χ3v) is 4.20. The van der Waals surface area contributed by atoms with Crippen LogP contribution in [0.15, 0.2) is 22.5 Å². The Hall–Kier alpha value is -1.09. The van der Waals surface area contributed by atoms with E-state index in [1.54, 1.807) is 18.4 Å². The molecule has 0 fully saturated rings. The van der Waals surface area contributed by atoms with Crippen LogP contribution in [0.2, 0.25) is 0 Å². The van der Waals surface area contributed by atoms with Crippen LogP contribution in [0.3, 0.4) is 0 Å². The summed E-state index contributed by atoms with van der Waals surface area (Å²) in [6, 6.07) is 4.17. The molecule has 2 aromatic heterocycles. The van der Waals surface area contributed by atoms with Gasteiger partial charge in [-0.05, 0) is 25.3 Å². The molecule has 2 heterocycles. The van der Waals surface area contributed by atoms with E-state index in [1.807, 2.05) is 18.7 Å². The molecular weight excluding hydrogens is 397 g/mol. The quantitative estimate of drug-likeness (QED) is 0.455. The van der Waals surface area contributed by atoms with Gasteiger partial charge < -0.3 is 10.6 Å². The fourth-order valence-corrected chi connectivity index (χ4v) is 2.69. The predicted octanol–water partition coefficient (Wildman–Crippen LogP) is 2.58. The van der Waals surface area contributed by atoms with E-state index in [4.69, 9.17) is 0 Å². The van der Waals surface area contributed by atoms with Gasteiger partial charge in [-0.25, -0.2) is 0 Å². The van der Waals surface area contributed by atoms with E-state index in [0.717, 1.165) is 24.7 Å². The van der Waals surface area contributed by atoms with Gasteiger partial charge >= 0.3 is 0 Å². The zero-order chi connectivity index (χ0) is 14.5. The van der Waals surface area contributed by atoms with Gasteiger partial charge in [-0.2, -0.15) is 5.10 Å². The number of hydrogen-bond donors (Lipinski definition) is 2. The standard InChI is InChI=1S/C14H21N5S.HI/c1-10-13(11(2)19(4)18-10)9-17-14(15-3)16-8-12-6-5-7-20-12;/h5-7H,8-9H2,1-4H3,(H2,15,16,17);1H. The Kier molecular flexibility index (Phi) is 7.16. The fraction of sp³-hybridized carbons (Fsp3) is 0.429. The van der Waals surface area contributed by atoms with Gasteiger partial charge in [0.2, 0.25) is 0 Å². The highest BCUT2D eigenvalue weighted by molar-refractivity contribution is 14.0. The zero-order valence-electron chi connectivity index (χ0n) is 12.8. The van der Waals surface area contributed by atoms with Crippen LogP contribution in [-0.4, -0.2) is 22.8 Å². The van der Waals surface area contributed by atoms with E-state index in [2.05, 4.69) is 45.2 Å². The maximum Gasteiger partial charge on any atom is 0.191 e. The number of halogens is 1. The largest absolute Gasteiger partial charge is 0.352 e. The molecule has 0 spiro atoms. The maximum absolute atomic E-state index is 4.42. The Balaban J connectivity index is 0.00000220. The summed E-state index contributed by atoms with van der Waals surface area (Å²) in [4.78, 5) is 5.53. The third kappa shape index (κ3) is 4.70. The van der Waals surface area contributed by atoms with Crippen molar-refractivity contribution in [1.29, 1.82) is 0 Å². The van der Waals surface area contributed by atoms with E-state index in [9.17, 15) is 0 Å². The van der Waals surface area contributed by atoms with Crippen LogP contribution in [0.25, 0.3) is 0 Å². The molecule has 0 saturated carbocycles. The monoisotopic (exact) mass is 419 g/mol. The first-order chi connectivity index (χ1) is 9.61. The number of aliphatic imine (C=N–C) groups is 1. The van der Waals surface area contributed by atoms with Gasteiger partial charge in [0.25, 0.3) is 0 Å². The van der Waals surface area contributed by atoms with Gasteiger partial charge in [0.1, 0.15) is 0 Å². The minimum Gasteiger partial charge on any atom is -0.352 e. The highest BCUT2D eigenvalue weighted by atomic mass is 127. The molecule has 21 heavy (non-hydrogen) atoms. The molecule has 0 aliphatic heterocycles. The van der Waals surface area contributed by atoms with Crippen molar-refractivity contribution in [2.75, 3.05) is 7.05 Å². The van der Waals surface area contributed by atoms with Crippen molar-refractivity contribution in [1.82, 2.24) is 20.4 Å². The number of rotatable bonds is 4. The molecule has 5 nitrogen and oxygen atoms in total. The molecular formula is C14H22IN5S. The average molecular weight is 419 g/mol. The lowest BCUT2D eigenvalue weighted by atomic mass is 10.2. The number of thiophene rings is 1. The molecule has 0 bridgehead atoms. The van der Waals surface area contributed by atoms with Crippen molar-refractivity contribution in [3.05, 3.63) is 39.3 Å². The van der Waals surface area contributed by atoms with Crippen LogP contribution >= 0.6 is 35.3 Å². The second-order valence-corrected chi connectivity index (χ2v) is 5.66. The molecule has 0 amide bonds.